The van der Waals surface area contributed by atoms with E-state index in [1.54, 1.807) is 7.11 Å². The quantitative estimate of drug-likeness (QED) is 0.877. The molecule has 0 aliphatic heterocycles. The number of benzene rings is 1. The lowest BCUT2D eigenvalue weighted by atomic mass is 10.1. The van der Waals surface area contributed by atoms with Crippen LogP contribution in [0, 0.1) is 6.92 Å². The van der Waals surface area contributed by atoms with Gasteiger partial charge < -0.3 is 15.0 Å². The molecular weight excluding hydrogens is 254 g/mol. The highest BCUT2D eigenvalue weighted by molar-refractivity contribution is 5.64. The summed E-state index contributed by atoms with van der Waals surface area (Å²) in [6.07, 6.45) is 1.90. The first-order chi connectivity index (χ1) is 9.65. The zero-order valence-corrected chi connectivity index (χ0v) is 12.2. The van der Waals surface area contributed by atoms with Crippen LogP contribution in [0.15, 0.2) is 22.7 Å². The van der Waals surface area contributed by atoms with Crippen molar-refractivity contribution in [2.45, 2.75) is 32.6 Å². The average molecular weight is 275 g/mol. The second kappa shape index (κ2) is 6.52. The maximum Gasteiger partial charge on any atom is 0.229 e. The van der Waals surface area contributed by atoms with Crippen LogP contribution >= 0.6 is 0 Å². The minimum atomic E-state index is 0.219. The van der Waals surface area contributed by atoms with Gasteiger partial charge in [0.15, 0.2) is 0 Å². The molecule has 5 nitrogen and oxygen atoms in total. The van der Waals surface area contributed by atoms with Gasteiger partial charge in [-0.05, 0) is 44.0 Å². The van der Waals surface area contributed by atoms with Gasteiger partial charge in [0.2, 0.25) is 11.7 Å². The van der Waals surface area contributed by atoms with Gasteiger partial charge in [-0.3, -0.25) is 0 Å². The summed E-state index contributed by atoms with van der Waals surface area (Å²) in [4.78, 5) is 4.47. The van der Waals surface area contributed by atoms with Crippen molar-refractivity contribution in [3.05, 3.63) is 29.7 Å². The summed E-state index contributed by atoms with van der Waals surface area (Å²) < 4.78 is 10.7. The summed E-state index contributed by atoms with van der Waals surface area (Å²) in [6, 6.07) is 5.92. The molecular formula is C15H21N3O2. The Morgan fingerprint density at radius 3 is 2.90 bits per heavy atom. The van der Waals surface area contributed by atoms with E-state index in [2.05, 4.69) is 17.1 Å². The minimum absolute atomic E-state index is 0.219. The Hall–Kier alpha value is -1.88. The van der Waals surface area contributed by atoms with E-state index in [0.717, 1.165) is 29.7 Å². The van der Waals surface area contributed by atoms with Crippen LogP contribution in [0.3, 0.4) is 0 Å². The van der Waals surface area contributed by atoms with Crippen molar-refractivity contribution in [1.82, 2.24) is 10.1 Å². The molecule has 2 N–H and O–H groups in total. The number of nitrogens with zero attached hydrogens (tertiary/aromatic N) is 2. The van der Waals surface area contributed by atoms with Crippen molar-refractivity contribution in [1.29, 1.82) is 0 Å². The number of hydrogen-bond acceptors (Lipinski definition) is 5. The van der Waals surface area contributed by atoms with Gasteiger partial charge in [0, 0.05) is 5.92 Å². The van der Waals surface area contributed by atoms with Gasteiger partial charge in [0.25, 0.3) is 0 Å². The number of hydrogen-bond donors (Lipinski definition) is 1. The lowest BCUT2D eigenvalue weighted by Gasteiger charge is -2.06. The van der Waals surface area contributed by atoms with E-state index < -0.39 is 0 Å². The topological polar surface area (TPSA) is 74.2 Å². The highest BCUT2D eigenvalue weighted by Crippen LogP contribution is 2.30. The number of nitrogens with two attached hydrogens (primary N) is 1. The second-order valence-electron chi connectivity index (χ2n) is 4.99. The van der Waals surface area contributed by atoms with Crippen LogP contribution < -0.4 is 10.5 Å². The third-order valence-electron chi connectivity index (χ3n) is 3.30. The molecule has 5 heteroatoms. The van der Waals surface area contributed by atoms with E-state index >= 15 is 0 Å². The molecule has 1 aromatic heterocycles. The van der Waals surface area contributed by atoms with Crippen LogP contribution in [0.5, 0.6) is 5.75 Å². The largest absolute Gasteiger partial charge is 0.496 e. The molecule has 1 aromatic carbocycles. The number of ether oxygens (including phenoxy) is 1. The SMILES string of the molecule is COc1cc(C)ccc1-c1noc(C(C)CCCN)n1. The first kappa shape index (κ1) is 14.5. The zero-order chi connectivity index (χ0) is 14.5. The third kappa shape index (κ3) is 3.17. The first-order valence-electron chi connectivity index (χ1n) is 6.84. The van der Waals surface area contributed by atoms with Crippen molar-refractivity contribution < 1.29 is 9.26 Å². The van der Waals surface area contributed by atoms with Gasteiger partial charge in [-0.15, -0.1) is 0 Å². The van der Waals surface area contributed by atoms with Crippen LogP contribution in [0.2, 0.25) is 0 Å². The van der Waals surface area contributed by atoms with Crippen LogP contribution in [0.4, 0.5) is 0 Å². The van der Waals surface area contributed by atoms with Crippen LogP contribution in [0.1, 0.15) is 37.1 Å². The van der Waals surface area contributed by atoms with Crippen LogP contribution in [0.25, 0.3) is 11.4 Å². The molecule has 1 heterocycles. The molecule has 0 aliphatic rings. The van der Waals surface area contributed by atoms with Crippen molar-refractivity contribution in [2.24, 2.45) is 5.73 Å². The Balaban J connectivity index is 2.24. The Kier molecular flexibility index (Phi) is 4.74. The molecule has 0 amide bonds. The number of aromatic nitrogens is 2. The maximum atomic E-state index is 5.52. The smallest absolute Gasteiger partial charge is 0.229 e. The van der Waals surface area contributed by atoms with Gasteiger partial charge in [0.05, 0.1) is 12.7 Å². The zero-order valence-electron chi connectivity index (χ0n) is 12.2. The van der Waals surface area contributed by atoms with E-state index in [4.69, 9.17) is 15.0 Å². The highest BCUT2D eigenvalue weighted by Gasteiger charge is 2.17. The standard InChI is InChI=1S/C15H21N3O2/c1-10-6-7-12(13(9-10)19-3)14-17-15(20-18-14)11(2)5-4-8-16/h6-7,9,11H,4-5,8,16H2,1-3H3. The molecule has 0 saturated carbocycles. The van der Waals surface area contributed by atoms with E-state index in [-0.39, 0.29) is 5.92 Å². The number of methoxy groups -OCH3 is 1. The monoisotopic (exact) mass is 275 g/mol. The number of aryl methyl sites for hydroxylation is 1. The van der Waals surface area contributed by atoms with Gasteiger partial charge in [0.1, 0.15) is 5.75 Å². The summed E-state index contributed by atoms with van der Waals surface area (Å²) in [5, 5.41) is 4.06. The molecule has 108 valence electrons. The predicted molar refractivity (Wildman–Crippen MR) is 77.7 cm³/mol. The normalized spacial score (nSPS) is 12.4. The summed E-state index contributed by atoms with van der Waals surface area (Å²) in [5.74, 6) is 2.19. The molecule has 2 rings (SSSR count). The summed E-state index contributed by atoms with van der Waals surface area (Å²) in [7, 11) is 1.64. The molecule has 2 aromatic rings. The third-order valence-corrected chi connectivity index (χ3v) is 3.30. The Labute approximate surface area is 119 Å². The van der Waals surface area contributed by atoms with Crippen molar-refractivity contribution >= 4 is 0 Å². The van der Waals surface area contributed by atoms with Gasteiger partial charge in [-0.1, -0.05) is 18.1 Å². The summed E-state index contributed by atoms with van der Waals surface area (Å²) >= 11 is 0. The Bertz CT molecular complexity index is 566. The lowest BCUT2D eigenvalue weighted by Crippen LogP contribution is -2.02. The molecule has 0 bridgehead atoms. The summed E-state index contributed by atoms with van der Waals surface area (Å²) in [5.41, 5.74) is 7.50. The van der Waals surface area contributed by atoms with E-state index in [1.807, 2.05) is 25.1 Å². The molecule has 1 atom stereocenters. The molecule has 0 radical (unpaired) electrons. The molecule has 1 unspecified atom stereocenters. The van der Waals surface area contributed by atoms with Crippen LogP contribution in [-0.2, 0) is 0 Å². The minimum Gasteiger partial charge on any atom is -0.496 e. The maximum absolute atomic E-state index is 5.52. The van der Waals surface area contributed by atoms with E-state index in [1.165, 1.54) is 0 Å². The van der Waals surface area contributed by atoms with Crippen molar-refractivity contribution in [3.63, 3.8) is 0 Å². The van der Waals surface area contributed by atoms with Crippen molar-refractivity contribution in [3.8, 4) is 17.1 Å². The van der Waals surface area contributed by atoms with Crippen molar-refractivity contribution in [2.75, 3.05) is 13.7 Å². The fourth-order valence-electron chi connectivity index (χ4n) is 2.08. The highest BCUT2D eigenvalue weighted by atomic mass is 16.5. The molecule has 0 fully saturated rings. The molecule has 0 saturated heterocycles. The van der Waals surface area contributed by atoms with Gasteiger partial charge >= 0.3 is 0 Å². The molecule has 0 spiro atoms. The predicted octanol–water partition coefficient (Wildman–Crippen LogP) is 2.90. The van der Waals surface area contributed by atoms with E-state index in [0.29, 0.717) is 18.3 Å². The number of rotatable bonds is 6. The van der Waals surface area contributed by atoms with Gasteiger partial charge in [-0.2, -0.15) is 4.98 Å². The van der Waals surface area contributed by atoms with Gasteiger partial charge in [-0.25, -0.2) is 0 Å². The average Bonchev–Trinajstić information content (AvgIpc) is 2.94. The summed E-state index contributed by atoms with van der Waals surface area (Å²) in [6.45, 7) is 4.76. The fraction of sp³-hybridized carbons (Fsp3) is 0.467. The Morgan fingerprint density at radius 1 is 1.40 bits per heavy atom. The molecule has 20 heavy (non-hydrogen) atoms. The molecule has 0 aliphatic carbocycles. The fourth-order valence-corrected chi connectivity index (χ4v) is 2.08. The first-order valence-corrected chi connectivity index (χ1v) is 6.84. The Morgan fingerprint density at radius 2 is 2.20 bits per heavy atom. The lowest BCUT2D eigenvalue weighted by molar-refractivity contribution is 0.352. The second-order valence-corrected chi connectivity index (χ2v) is 4.99. The van der Waals surface area contributed by atoms with Crippen LogP contribution in [-0.4, -0.2) is 23.8 Å². The van der Waals surface area contributed by atoms with E-state index in [9.17, 15) is 0 Å².